The molecule has 0 aliphatic rings. The lowest BCUT2D eigenvalue weighted by Gasteiger charge is -2.07. The summed E-state index contributed by atoms with van der Waals surface area (Å²) in [5.41, 5.74) is 0.360. The zero-order valence-corrected chi connectivity index (χ0v) is 10.1. The Morgan fingerprint density at radius 1 is 1.57 bits per heavy atom. The number of benzene rings is 1. The standard InChI is InChI=1S/C9H6ClIO3/c1-14-7-3-6(11)2-5(4-12)8(7)9(10)13/h2-4H,1H3. The van der Waals surface area contributed by atoms with E-state index in [2.05, 4.69) is 0 Å². The van der Waals surface area contributed by atoms with Gasteiger partial charge in [-0.2, -0.15) is 0 Å². The predicted octanol–water partition coefficient (Wildman–Crippen LogP) is 2.49. The van der Waals surface area contributed by atoms with Crippen LogP contribution in [0.2, 0.25) is 0 Å². The molecule has 14 heavy (non-hydrogen) atoms. The van der Waals surface area contributed by atoms with Gasteiger partial charge in [-0.05, 0) is 46.3 Å². The maximum absolute atomic E-state index is 11.0. The monoisotopic (exact) mass is 324 g/mol. The van der Waals surface area contributed by atoms with Gasteiger partial charge in [-0.3, -0.25) is 9.59 Å². The summed E-state index contributed by atoms with van der Waals surface area (Å²) >= 11 is 7.37. The fourth-order valence-electron chi connectivity index (χ4n) is 1.07. The highest BCUT2D eigenvalue weighted by molar-refractivity contribution is 14.1. The Balaban J connectivity index is 3.48. The largest absolute Gasteiger partial charge is 0.496 e. The van der Waals surface area contributed by atoms with Gasteiger partial charge in [0, 0.05) is 9.13 Å². The third-order valence-corrected chi connectivity index (χ3v) is 2.45. The van der Waals surface area contributed by atoms with Crippen LogP contribution in [0.4, 0.5) is 0 Å². The Hall–Kier alpha value is -0.620. The van der Waals surface area contributed by atoms with E-state index in [9.17, 15) is 9.59 Å². The number of ether oxygens (including phenoxy) is 1. The SMILES string of the molecule is COc1cc(I)cc(C=O)c1C(=O)Cl. The van der Waals surface area contributed by atoms with Gasteiger partial charge in [0.05, 0.1) is 12.7 Å². The van der Waals surface area contributed by atoms with Gasteiger partial charge in [0.25, 0.3) is 5.24 Å². The number of rotatable bonds is 3. The van der Waals surface area contributed by atoms with Crippen LogP contribution in [0, 0.1) is 3.57 Å². The molecule has 1 rings (SSSR count). The molecule has 1 aromatic rings. The van der Waals surface area contributed by atoms with Gasteiger partial charge < -0.3 is 4.74 Å². The molecule has 0 aliphatic carbocycles. The molecule has 0 heterocycles. The van der Waals surface area contributed by atoms with Gasteiger partial charge in [-0.15, -0.1) is 0 Å². The summed E-state index contributed by atoms with van der Waals surface area (Å²) in [7, 11) is 1.42. The van der Waals surface area contributed by atoms with Crippen molar-refractivity contribution in [3.05, 3.63) is 26.8 Å². The number of carbonyl (C=O) groups is 2. The Morgan fingerprint density at radius 2 is 2.21 bits per heavy atom. The van der Waals surface area contributed by atoms with E-state index in [1.54, 1.807) is 12.1 Å². The molecule has 0 saturated heterocycles. The first-order valence-electron chi connectivity index (χ1n) is 3.62. The molecule has 1 aromatic carbocycles. The molecule has 0 amide bonds. The molecule has 0 fully saturated rings. The molecule has 0 aliphatic heterocycles. The minimum absolute atomic E-state index is 0.115. The summed E-state index contributed by atoms with van der Waals surface area (Å²) in [5.74, 6) is 0.319. The second-order valence-corrected chi connectivity index (χ2v) is 4.05. The minimum Gasteiger partial charge on any atom is -0.496 e. The van der Waals surface area contributed by atoms with Crippen LogP contribution in [0.5, 0.6) is 5.75 Å². The number of halogens is 2. The Bertz CT molecular complexity index is 390. The number of hydrogen-bond acceptors (Lipinski definition) is 3. The quantitative estimate of drug-likeness (QED) is 0.487. The van der Waals surface area contributed by atoms with Gasteiger partial charge in [0.15, 0.2) is 6.29 Å². The van der Waals surface area contributed by atoms with Crippen LogP contribution in [0.15, 0.2) is 12.1 Å². The summed E-state index contributed by atoms with van der Waals surface area (Å²) in [6.45, 7) is 0. The first-order valence-corrected chi connectivity index (χ1v) is 5.08. The highest BCUT2D eigenvalue weighted by atomic mass is 127. The molecule has 0 unspecified atom stereocenters. The van der Waals surface area contributed by atoms with E-state index in [1.807, 2.05) is 22.6 Å². The zero-order chi connectivity index (χ0) is 10.7. The lowest BCUT2D eigenvalue weighted by Crippen LogP contribution is -2.01. The van der Waals surface area contributed by atoms with Crippen LogP contribution in [0.25, 0.3) is 0 Å². The smallest absolute Gasteiger partial charge is 0.256 e. The molecule has 0 N–H and O–H groups in total. The molecule has 0 radical (unpaired) electrons. The van der Waals surface area contributed by atoms with E-state index < -0.39 is 5.24 Å². The van der Waals surface area contributed by atoms with Gasteiger partial charge in [0.2, 0.25) is 0 Å². The van der Waals surface area contributed by atoms with Crippen molar-refractivity contribution in [2.45, 2.75) is 0 Å². The summed E-state index contributed by atoms with van der Waals surface area (Å²) < 4.78 is 5.77. The molecule has 0 bridgehead atoms. The van der Waals surface area contributed by atoms with Crippen LogP contribution in [-0.4, -0.2) is 18.6 Å². The molecule has 0 atom stereocenters. The fourth-order valence-corrected chi connectivity index (χ4v) is 1.89. The first-order chi connectivity index (χ1) is 6.60. The summed E-state index contributed by atoms with van der Waals surface area (Å²) in [6, 6.07) is 3.22. The summed E-state index contributed by atoms with van der Waals surface area (Å²) in [5, 5.41) is -0.694. The van der Waals surface area contributed by atoms with Crippen molar-refractivity contribution in [1.82, 2.24) is 0 Å². The van der Waals surface area contributed by atoms with Crippen LogP contribution in [0.1, 0.15) is 20.7 Å². The number of carbonyl (C=O) groups excluding carboxylic acids is 2. The molecule has 0 saturated carbocycles. The molecular formula is C9H6ClIO3. The minimum atomic E-state index is -0.694. The number of aldehydes is 1. The molecule has 74 valence electrons. The second kappa shape index (κ2) is 4.75. The predicted molar refractivity (Wildman–Crippen MR) is 61.3 cm³/mol. The van der Waals surface area contributed by atoms with Crippen LogP contribution < -0.4 is 4.74 Å². The van der Waals surface area contributed by atoms with Gasteiger partial charge >= 0.3 is 0 Å². The van der Waals surface area contributed by atoms with E-state index in [1.165, 1.54) is 7.11 Å². The van der Waals surface area contributed by atoms with Crippen LogP contribution >= 0.6 is 34.2 Å². The average Bonchev–Trinajstić information content (AvgIpc) is 2.15. The fraction of sp³-hybridized carbons (Fsp3) is 0.111. The van der Waals surface area contributed by atoms with Gasteiger partial charge in [-0.1, -0.05) is 0 Å². The average molecular weight is 325 g/mol. The number of hydrogen-bond donors (Lipinski definition) is 0. The highest BCUT2D eigenvalue weighted by Gasteiger charge is 2.16. The molecule has 0 spiro atoms. The third-order valence-electron chi connectivity index (χ3n) is 1.64. The molecule has 0 aromatic heterocycles. The van der Waals surface area contributed by atoms with Crippen molar-refractivity contribution in [2.24, 2.45) is 0 Å². The van der Waals surface area contributed by atoms with Crippen molar-refractivity contribution in [2.75, 3.05) is 7.11 Å². The van der Waals surface area contributed by atoms with Gasteiger partial charge in [-0.25, -0.2) is 0 Å². The lowest BCUT2D eigenvalue weighted by atomic mass is 10.1. The Kier molecular flexibility index (Phi) is 3.88. The van der Waals surface area contributed by atoms with Crippen LogP contribution in [-0.2, 0) is 0 Å². The molecule has 3 nitrogen and oxygen atoms in total. The maximum atomic E-state index is 11.0. The van der Waals surface area contributed by atoms with Crippen molar-refractivity contribution in [1.29, 1.82) is 0 Å². The third kappa shape index (κ3) is 2.24. The van der Waals surface area contributed by atoms with Crippen LogP contribution in [0.3, 0.4) is 0 Å². The summed E-state index contributed by atoms with van der Waals surface area (Å²) in [6.07, 6.45) is 0.584. The van der Waals surface area contributed by atoms with Crippen molar-refractivity contribution in [3.63, 3.8) is 0 Å². The van der Waals surface area contributed by atoms with Gasteiger partial charge in [0.1, 0.15) is 5.75 Å². The van der Waals surface area contributed by atoms with E-state index in [0.29, 0.717) is 12.0 Å². The number of methoxy groups -OCH3 is 1. The topological polar surface area (TPSA) is 43.4 Å². The zero-order valence-electron chi connectivity index (χ0n) is 7.21. The maximum Gasteiger partial charge on any atom is 0.256 e. The normalized spacial score (nSPS) is 9.64. The van der Waals surface area contributed by atoms with E-state index in [4.69, 9.17) is 16.3 Å². The van der Waals surface area contributed by atoms with Crippen molar-refractivity contribution >= 4 is 45.7 Å². The van der Waals surface area contributed by atoms with Crippen molar-refractivity contribution in [3.8, 4) is 5.75 Å². The van der Waals surface area contributed by atoms with E-state index in [0.717, 1.165) is 3.57 Å². The highest BCUT2D eigenvalue weighted by Crippen LogP contribution is 2.26. The molecular weight excluding hydrogens is 318 g/mol. The Labute approximate surface area is 99.5 Å². The summed E-state index contributed by atoms with van der Waals surface area (Å²) in [4.78, 5) is 21.7. The first kappa shape index (κ1) is 11.5. The molecule has 5 heteroatoms. The second-order valence-electron chi connectivity index (χ2n) is 2.46. The van der Waals surface area contributed by atoms with E-state index in [-0.39, 0.29) is 11.1 Å². The Morgan fingerprint density at radius 3 is 2.64 bits per heavy atom. The lowest BCUT2D eigenvalue weighted by molar-refractivity contribution is 0.106. The van der Waals surface area contributed by atoms with Crippen molar-refractivity contribution < 1.29 is 14.3 Å². The van der Waals surface area contributed by atoms with E-state index >= 15 is 0 Å².